The number of rotatable bonds is 3. The first-order valence-corrected chi connectivity index (χ1v) is 5.14. The Bertz CT molecular complexity index is 262. The summed E-state index contributed by atoms with van der Waals surface area (Å²) in [5, 5.41) is 0. The number of halogens is 1. The highest BCUT2D eigenvalue weighted by atomic mass is 35.5. The highest BCUT2D eigenvalue weighted by molar-refractivity contribution is 7.92. The fraction of sp³-hybridized carbons (Fsp3) is 0.833. The van der Waals surface area contributed by atoms with Crippen LogP contribution in [-0.4, -0.2) is 25.3 Å². The second kappa shape index (κ2) is 4.09. The Balaban J connectivity index is 0. The zero-order valence-electron chi connectivity index (χ0n) is 7.33. The minimum Gasteiger partial charge on any atom is -0.368 e. The Morgan fingerprint density at radius 1 is 1.50 bits per heavy atom. The number of primary amides is 1. The van der Waals surface area contributed by atoms with Crippen LogP contribution >= 0.6 is 12.4 Å². The molecule has 0 rings (SSSR count). The number of hydrogen-bond donors (Lipinski definition) is 1. The topological polar surface area (TPSA) is 77.2 Å². The molecular formula is C6H14ClNO3S. The van der Waals surface area contributed by atoms with E-state index in [1.54, 1.807) is 6.92 Å². The molecule has 0 fully saturated rings. The molecule has 0 saturated heterocycles. The third-order valence-corrected chi connectivity index (χ3v) is 4.14. The van der Waals surface area contributed by atoms with Crippen molar-refractivity contribution in [2.75, 3.05) is 6.26 Å². The summed E-state index contributed by atoms with van der Waals surface area (Å²) in [4.78, 5) is 10.7. The molecule has 2 N–H and O–H groups in total. The maximum absolute atomic E-state index is 11.0. The van der Waals surface area contributed by atoms with E-state index in [0.29, 0.717) is 0 Å². The van der Waals surface area contributed by atoms with Crippen molar-refractivity contribution in [1.82, 2.24) is 0 Å². The highest BCUT2D eigenvalue weighted by Crippen LogP contribution is 2.19. The molecule has 1 unspecified atom stereocenters. The minimum atomic E-state index is -3.39. The van der Waals surface area contributed by atoms with E-state index in [1.165, 1.54) is 6.92 Å². The summed E-state index contributed by atoms with van der Waals surface area (Å²) in [7, 11) is -3.39. The summed E-state index contributed by atoms with van der Waals surface area (Å²) in [5.74, 6) is -0.789. The number of nitrogens with two attached hydrogens (primary N) is 1. The van der Waals surface area contributed by atoms with Crippen LogP contribution in [0.2, 0.25) is 0 Å². The van der Waals surface area contributed by atoms with Crippen molar-refractivity contribution in [3.63, 3.8) is 0 Å². The van der Waals surface area contributed by atoms with Gasteiger partial charge in [-0.1, -0.05) is 6.92 Å². The molecule has 0 aliphatic rings. The summed E-state index contributed by atoms with van der Waals surface area (Å²) in [6.45, 7) is 2.95. The smallest absolute Gasteiger partial charge is 0.238 e. The molecule has 0 spiro atoms. The van der Waals surface area contributed by atoms with Crippen LogP contribution < -0.4 is 5.73 Å². The lowest BCUT2D eigenvalue weighted by molar-refractivity contribution is -0.120. The van der Waals surface area contributed by atoms with Crippen molar-refractivity contribution in [1.29, 1.82) is 0 Å². The SMILES string of the molecule is CCC(C)(C(N)=O)S(C)(=O)=O.Cl. The van der Waals surface area contributed by atoms with Gasteiger partial charge in [-0.05, 0) is 13.3 Å². The van der Waals surface area contributed by atoms with Crippen LogP contribution in [0.5, 0.6) is 0 Å². The van der Waals surface area contributed by atoms with Gasteiger partial charge >= 0.3 is 0 Å². The number of carbonyl (C=O) groups is 1. The van der Waals surface area contributed by atoms with Crippen molar-refractivity contribution >= 4 is 28.2 Å². The van der Waals surface area contributed by atoms with Crippen LogP contribution in [0.4, 0.5) is 0 Å². The van der Waals surface area contributed by atoms with Crippen LogP contribution in [0.3, 0.4) is 0 Å². The molecule has 12 heavy (non-hydrogen) atoms. The van der Waals surface area contributed by atoms with Gasteiger partial charge in [0.2, 0.25) is 5.91 Å². The van der Waals surface area contributed by atoms with E-state index in [0.717, 1.165) is 6.26 Å². The number of amides is 1. The first-order valence-electron chi connectivity index (χ1n) is 3.25. The molecule has 74 valence electrons. The van der Waals surface area contributed by atoms with Gasteiger partial charge in [-0.25, -0.2) is 8.42 Å². The second-order valence-electron chi connectivity index (χ2n) is 2.72. The number of sulfone groups is 1. The van der Waals surface area contributed by atoms with Gasteiger partial charge in [-0.3, -0.25) is 4.79 Å². The lowest BCUT2D eigenvalue weighted by Gasteiger charge is -2.21. The van der Waals surface area contributed by atoms with E-state index in [-0.39, 0.29) is 18.8 Å². The summed E-state index contributed by atoms with van der Waals surface area (Å²) < 4.78 is 20.6. The average Bonchev–Trinajstić information content (AvgIpc) is 1.83. The molecule has 1 amide bonds. The molecule has 6 heteroatoms. The molecule has 0 aromatic carbocycles. The van der Waals surface area contributed by atoms with Crippen molar-refractivity contribution in [2.45, 2.75) is 25.0 Å². The molecule has 0 aromatic rings. The summed E-state index contributed by atoms with van der Waals surface area (Å²) in [6, 6.07) is 0. The van der Waals surface area contributed by atoms with Gasteiger partial charge in [0.05, 0.1) is 0 Å². The van der Waals surface area contributed by atoms with Gasteiger partial charge in [0, 0.05) is 6.26 Å². The first-order chi connectivity index (χ1) is 4.75. The molecule has 4 nitrogen and oxygen atoms in total. The van der Waals surface area contributed by atoms with Crippen molar-refractivity contribution < 1.29 is 13.2 Å². The fourth-order valence-corrected chi connectivity index (χ4v) is 1.51. The van der Waals surface area contributed by atoms with E-state index >= 15 is 0 Å². The maximum Gasteiger partial charge on any atom is 0.238 e. The van der Waals surface area contributed by atoms with Crippen molar-refractivity contribution in [3.8, 4) is 0 Å². The number of hydrogen-bond acceptors (Lipinski definition) is 3. The van der Waals surface area contributed by atoms with Crippen LogP contribution in [0.15, 0.2) is 0 Å². The van der Waals surface area contributed by atoms with Gasteiger partial charge in [0.1, 0.15) is 4.75 Å². The predicted molar refractivity (Wildman–Crippen MR) is 50.0 cm³/mol. The molecule has 0 aliphatic carbocycles. The van der Waals surface area contributed by atoms with Crippen LogP contribution in [0.1, 0.15) is 20.3 Å². The van der Waals surface area contributed by atoms with Crippen LogP contribution in [-0.2, 0) is 14.6 Å². The molecule has 0 aliphatic heterocycles. The Kier molecular flexibility index (Phi) is 4.86. The zero-order chi connectivity index (χ0) is 9.28. The van der Waals surface area contributed by atoms with Gasteiger partial charge < -0.3 is 5.73 Å². The summed E-state index contributed by atoms with van der Waals surface area (Å²) in [5.41, 5.74) is 4.95. The monoisotopic (exact) mass is 215 g/mol. The molecular weight excluding hydrogens is 202 g/mol. The average molecular weight is 216 g/mol. The van der Waals surface area contributed by atoms with Gasteiger partial charge in [-0.2, -0.15) is 0 Å². The third-order valence-electron chi connectivity index (χ3n) is 2.01. The molecule has 1 atom stereocenters. The third kappa shape index (κ3) is 2.35. The Labute approximate surface area is 78.8 Å². The molecule has 0 bridgehead atoms. The van der Waals surface area contributed by atoms with E-state index in [1.807, 2.05) is 0 Å². The molecule has 0 radical (unpaired) electrons. The lowest BCUT2D eigenvalue weighted by Crippen LogP contribution is -2.46. The minimum absolute atomic E-state index is 0. The maximum atomic E-state index is 11.0. The van der Waals surface area contributed by atoms with Crippen LogP contribution in [0.25, 0.3) is 0 Å². The molecule has 0 heterocycles. The second-order valence-corrected chi connectivity index (χ2v) is 5.17. The van der Waals surface area contributed by atoms with E-state index < -0.39 is 20.5 Å². The molecule has 0 saturated carbocycles. The quantitative estimate of drug-likeness (QED) is 0.726. The normalized spacial score (nSPS) is 15.9. The predicted octanol–water partition coefficient (Wildman–Crippen LogP) is 0.107. The number of carbonyl (C=O) groups excluding carboxylic acids is 1. The first kappa shape index (κ1) is 14.2. The van der Waals surface area contributed by atoms with E-state index in [9.17, 15) is 13.2 Å². The highest BCUT2D eigenvalue weighted by Gasteiger charge is 2.39. The van der Waals surface area contributed by atoms with Gasteiger partial charge in [-0.15, -0.1) is 12.4 Å². The Morgan fingerprint density at radius 2 is 1.83 bits per heavy atom. The lowest BCUT2D eigenvalue weighted by atomic mass is 10.1. The van der Waals surface area contributed by atoms with Crippen molar-refractivity contribution in [3.05, 3.63) is 0 Å². The zero-order valence-corrected chi connectivity index (χ0v) is 8.96. The Hall–Kier alpha value is -0.290. The van der Waals surface area contributed by atoms with Crippen molar-refractivity contribution in [2.24, 2.45) is 5.73 Å². The molecule has 0 aromatic heterocycles. The Morgan fingerprint density at radius 3 is 1.83 bits per heavy atom. The van der Waals surface area contributed by atoms with Crippen LogP contribution in [0, 0.1) is 0 Å². The van der Waals surface area contributed by atoms with E-state index in [4.69, 9.17) is 5.73 Å². The summed E-state index contributed by atoms with van der Waals surface area (Å²) in [6.07, 6.45) is 1.22. The largest absolute Gasteiger partial charge is 0.368 e. The van der Waals surface area contributed by atoms with Gasteiger partial charge in [0.25, 0.3) is 0 Å². The fourth-order valence-electron chi connectivity index (χ4n) is 0.619. The summed E-state index contributed by atoms with van der Waals surface area (Å²) >= 11 is 0. The standard InChI is InChI=1S/C6H13NO3S.ClH/c1-4-6(2,5(7)8)11(3,9)10;/h4H2,1-3H3,(H2,7,8);1H. The van der Waals surface area contributed by atoms with E-state index in [2.05, 4.69) is 0 Å². The van der Waals surface area contributed by atoms with Gasteiger partial charge in [0.15, 0.2) is 9.84 Å².